The van der Waals surface area contributed by atoms with E-state index in [1.54, 1.807) is 12.1 Å². The summed E-state index contributed by atoms with van der Waals surface area (Å²) in [5, 5.41) is 14.3. The van der Waals surface area contributed by atoms with Gasteiger partial charge in [-0.25, -0.2) is 22.5 Å². The topological polar surface area (TPSA) is 92.3 Å². The zero-order valence-electron chi connectivity index (χ0n) is 19.3. The van der Waals surface area contributed by atoms with Crippen molar-refractivity contribution in [1.29, 1.82) is 0 Å². The predicted molar refractivity (Wildman–Crippen MR) is 136 cm³/mol. The van der Waals surface area contributed by atoms with E-state index in [1.165, 1.54) is 11.3 Å². The third-order valence-electron chi connectivity index (χ3n) is 7.04. The van der Waals surface area contributed by atoms with Gasteiger partial charge in [-0.15, -0.1) is 11.3 Å². The molecule has 0 bridgehead atoms. The molecule has 0 aromatic heterocycles. The Bertz CT molecular complexity index is 1720. The van der Waals surface area contributed by atoms with Gasteiger partial charge in [0, 0.05) is 67.5 Å². The summed E-state index contributed by atoms with van der Waals surface area (Å²) in [5.74, 6) is -6.88. The van der Waals surface area contributed by atoms with Crippen molar-refractivity contribution in [3.05, 3.63) is 75.2 Å². The number of aromatic carboxylic acids is 1. The van der Waals surface area contributed by atoms with Gasteiger partial charge in [-0.2, -0.15) is 0 Å². The maximum atomic E-state index is 15.9. The Morgan fingerprint density at radius 1 is 1.03 bits per heavy atom. The van der Waals surface area contributed by atoms with Gasteiger partial charge in [0.05, 0.1) is 6.42 Å². The number of hydrogen-bond donors (Lipinski definition) is 1. The van der Waals surface area contributed by atoms with E-state index in [4.69, 9.17) is 5.53 Å². The lowest BCUT2D eigenvalue weighted by molar-refractivity contribution is 0.0691. The average Bonchev–Trinajstić information content (AvgIpc) is 2.80. The Hall–Kier alpha value is -4.08. The normalized spacial score (nSPS) is 14.9. The number of carboxylic acid groups (broad SMARTS) is 1. The third-order valence-corrected chi connectivity index (χ3v) is 8.15. The van der Waals surface area contributed by atoms with Crippen molar-refractivity contribution >= 4 is 38.8 Å². The van der Waals surface area contributed by atoms with Crippen LogP contribution >= 0.6 is 11.3 Å². The molecule has 3 aliphatic heterocycles. The van der Waals surface area contributed by atoms with Gasteiger partial charge < -0.3 is 10.0 Å². The number of carbonyl (C=O) groups is 1. The fraction of sp³-hybridized carbons (Fsp3) is 0.231. The highest BCUT2D eigenvalue weighted by Crippen LogP contribution is 2.48. The summed E-state index contributed by atoms with van der Waals surface area (Å²) in [5.41, 5.74) is 7.41. The van der Waals surface area contributed by atoms with Crippen LogP contribution in [0.4, 0.5) is 24.5 Å². The van der Waals surface area contributed by atoms with Crippen LogP contribution in [0.25, 0.3) is 42.1 Å². The van der Waals surface area contributed by atoms with Crippen molar-refractivity contribution in [2.75, 3.05) is 31.1 Å². The maximum absolute atomic E-state index is 15.9. The fourth-order valence-corrected chi connectivity index (χ4v) is 6.05. The van der Waals surface area contributed by atoms with E-state index in [-0.39, 0.29) is 5.56 Å². The first-order valence-electron chi connectivity index (χ1n) is 11.7. The molecule has 0 atom stereocenters. The molecule has 0 unspecified atom stereocenters. The number of halogens is 3. The Morgan fingerprint density at radius 2 is 1.81 bits per heavy atom. The van der Waals surface area contributed by atoms with Crippen LogP contribution < -0.4 is 14.8 Å². The number of azide groups is 1. The maximum Gasteiger partial charge on any atom is 0.339 e. The van der Waals surface area contributed by atoms with Gasteiger partial charge in [-0.05, 0) is 30.2 Å². The highest BCUT2D eigenvalue weighted by atomic mass is 32.1. The lowest BCUT2D eigenvalue weighted by Gasteiger charge is -2.33. The molecule has 0 amide bonds. The van der Waals surface area contributed by atoms with Crippen LogP contribution in [0.3, 0.4) is 0 Å². The Morgan fingerprint density at radius 3 is 2.43 bits per heavy atom. The molecule has 0 saturated carbocycles. The van der Waals surface area contributed by atoms with Crippen molar-refractivity contribution in [3.63, 3.8) is 0 Å². The molecule has 2 aromatic carbocycles. The molecule has 186 valence electrons. The van der Waals surface area contributed by atoms with Gasteiger partial charge in [-0.3, -0.25) is 0 Å². The Labute approximate surface area is 212 Å². The molecule has 7 nitrogen and oxygen atoms in total. The Balaban J connectivity index is 1.77. The predicted octanol–water partition coefficient (Wildman–Crippen LogP) is 6.12. The van der Waals surface area contributed by atoms with Crippen LogP contribution in [0.5, 0.6) is 0 Å². The van der Waals surface area contributed by atoms with Crippen LogP contribution in [0.1, 0.15) is 23.2 Å². The summed E-state index contributed by atoms with van der Waals surface area (Å²) in [6.45, 7) is 3.64. The van der Waals surface area contributed by atoms with Gasteiger partial charge in [0.15, 0.2) is 11.6 Å². The van der Waals surface area contributed by atoms with Crippen molar-refractivity contribution in [2.45, 2.75) is 12.8 Å². The van der Waals surface area contributed by atoms with Gasteiger partial charge in [0.25, 0.3) is 0 Å². The second-order valence-corrected chi connectivity index (χ2v) is 10.1. The monoisotopic (exact) mass is 522 g/mol. The number of hydrogen-bond acceptors (Lipinski definition) is 4. The fourth-order valence-electron chi connectivity index (χ4n) is 4.90. The van der Waals surface area contributed by atoms with Gasteiger partial charge >= 0.3 is 5.97 Å². The van der Waals surface area contributed by atoms with Crippen molar-refractivity contribution in [1.82, 2.24) is 4.58 Å². The largest absolute Gasteiger partial charge is 0.478 e. The number of anilines is 1. The van der Waals surface area contributed by atoms with Crippen LogP contribution in [-0.4, -0.2) is 37.3 Å². The van der Waals surface area contributed by atoms with E-state index < -0.39 is 40.2 Å². The van der Waals surface area contributed by atoms with E-state index in [0.717, 1.165) is 59.6 Å². The van der Waals surface area contributed by atoms with Crippen molar-refractivity contribution < 1.29 is 23.1 Å². The average molecular weight is 523 g/mol. The number of benzene rings is 3. The molecular weight excluding hydrogens is 503 g/mol. The minimum absolute atomic E-state index is 0.109. The van der Waals surface area contributed by atoms with Crippen molar-refractivity contribution in [2.24, 2.45) is 5.11 Å². The second-order valence-electron chi connectivity index (χ2n) is 9.05. The molecule has 1 aliphatic carbocycles. The van der Waals surface area contributed by atoms with Crippen LogP contribution in [-0.2, 0) is 0 Å². The molecular formula is C26H19F3N5O2S+. The lowest BCUT2D eigenvalue weighted by atomic mass is 9.90. The van der Waals surface area contributed by atoms with E-state index in [1.807, 2.05) is 24.3 Å². The molecule has 2 aromatic rings. The van der Waals surface area contributed by atoms with Gasteiger partial charge in [0.1, 0.15) is 30.2 Å². The van der Waals surface area contributed by atoms with Crippen LogP contribution in [0, 0.1) is 17.5 Å². The number of fused-ring (bicyclic) bond motifs is 2. The highest BCUT2D eigenvalue weighted by Gasteiger charge is 2.32. The first kappa shape index (κ1) is 23.3. The molecule has 6 rings (SSSR count). The quantitative estimate of drug-likeness (QED) is 0.0875. The van der Waals surface area contributed by atoms with E-state index in [9.17, 15) is 14.3 Å². The number of rotatable bonds is 4. The third kappa shape index (κ3) is 3.61. The molecule has 0 radical (unpaired) electrons. The molecule has 4 aliphatic rings. The summed E-state index contributed by atoms with van der Waals surface area (Å²) in [6.07, 6.45) is 2.15. The summed E-state index contributed by atoms with van der Waals surface area (Å²) >= 11 is 1.46. The summed E-state index contributed by atoms with van der Waals surface area (Å²) in [7, 11) is 0. The molecule has 1 N–H and O–H groups in total. The molecule has 2 saturated heterocycles. The number of carboxylic acids is 1. The van der Waals surface area contributed by atoms with E-state index in [2.05, 4.69) is 19.5 Å². The van der Waals surface area contributed by atoms with Crippen LogP contribution in [0.2, 0.25) is 0 Å². The summed E-state index contributed by atoms with van der Waals surface area (Å²) in [4.78, 5) is 17.5. The lowest BCUT2D eigenvalue weighted by Crippen LogP contribution is -2.40. The first-order chi connectivity index (χ1) is 17.9. The summed E-state index contributed by atoms with van der Waals surface area (Å²) in [6, 6.07) is 11.1. The van der Waals surface area contributed by atoms with Gasteiger partial charge in [-0.1, -0.05) is 11.2 Å². The van der Waals surface area contributed by atoms with Crippen molar-refractivity contribution in [3.8, 4) is 21.6 Å². The summed E-state index contributed by atoms with van der Waals surface area (Å²) < 4.78 is 48.5. The van der Waals surface area contributed by atoms with Crippen LogP contribution in [0.15, 0.2) is 41.5 Å². The zero-order chi connectivity index (χ0) is 25.8. The van der Waals surface area contributed by atoms with E-state index >= 15 is 8.78 Å². The second kappa shape index (κ2) is 8.79. The molecule has 2 fully saturated rings. The zero-order valence-corrected chi connectivity index (χ0v) is 20.2. The molecule has 11 heteroatoms. The number of nitrogens with zero attached hydrogens (tertiary/aromatic N) is 5. The minimum Gasteiger partial charge on any atom is -0.478 e. The smallest absolute Gasteiger partial charge is 0.339 e. The molecule has 0 spiro atoms. The van der Waals surface area contributed by atoms with E-state index in [0.29, 0.717) is 10.9 Å². The SMILES string of the molecule is [N-]=[N+]=Nc1c(F)c(F)c(C(=O)O)c(-c2c3ccc(=[N+]4CCC4)cc-3sc3cc(N4CCC4)ccc23)c1F. The van der Waals surface area contributed by atoms with Gasteiger partial charge in [0.2, 0.25) is 5.36 Å². The molecule has 37 heavy (non-hydrogen) atoms. The minimum atomic E-state index is -1.84. The first-order valence-corrected chi connectivity index (χ1v) is 12.5. The molecule has 3 heterocycles. The standard InChI is InChI=1S/C26H18F3N5O2S/c27-22-21(26(35)36)20(23(28)25(24(22)29)31-32-30)19-15-5-3-13(33-7-1-8-33)11-17(15)37-18-12-14(4-6-16(18)19)34-9-2-10-34/h3-6,11-12H,1-2,7-10H2/p+1. The Kier molecular flexibility index (Phi) is 5.54. The highest BCUT2D eigenvalue weighted by molar-refractivity contribution is 7.21.